The largest absolute Gasteiger partial charge is 0.107 e. The summed E-state index contributed by atoms with van der Waals surface area (Å²) in [6.07, 6.45) is 16.6. The molecule has 0 aromatic rings. The fourth-order valence-corrected chi connectivity index (χ4v) is 8.48. The monoisotopic (exact) mass is 322 g/mol. The third-order valence-electron chi connectivity index (χ3n) is 4.13. The molecule has 19 heavy (non-hydrogen) atoms. The van der Waals surface area contributed by atoms with Crippen molar-refractivity contribution in [1.82, 2.24) is 0 Å². The van der Waals surface area contributed by atoms with Gasteiger partial charge in [0.1, 0.15) is 0 Å². The van der Waals surface area contributed by atoms with E-state index in [9.17, 15) is 0 Å². The highest BCUT2D eigenvalue weighted by atomic mass is 31.1. The van der Waals surface area contributed by atoms with Crippen LogP contribution in [0.4, 0.5) is 0 Å². The van der Waals surface area contributed by atoms with Gasteiger partial charge in [-0.3, -0.25) is 0 Å². The van der Waals surface area contributed by atoms with Crippen molar-refractivity contribution in [3.63, 3.8) is 0 Å². The third kappa shape index (κ3) is 10.6. The van der Waals surface area contributed by atoms with Crippen molar-refractivity contribution >= 4 is 23.8 Å². The van der Waals surface area contributed by atoms with E-state index in [1.54, 1.807) is 24.6 Å². The Morgan fingerprint density at radius 1 is 0.421 bits per heavy atom. The van der Waals surface area contributed by atoms with Crippen LogP contribution >= 0.6 is 23.8 Å². The Bertz CT molecular complexity index is 159. The van der Waals surface area contributed by atoms with E-state index in [1.807, 2.05) is 0 Å². The van der Waals surface area contributed by atoms with Crippen LogP contribution in [0.25, 0.3) is 0 Å². The Labute approximate surface area is 127 Å². The summed E-state index contributed by atoms with van der Waals surface area (Å²) in [7, 11) is 1.17. The Balaban J connectivity index is 3.70. The van der Waals surface area contributed by atoms with Crippen LogP contribution in [-0.2, 0) is 0 Å². The molecule has 0 fully saturated rings. The molecule has 0 radical (unpaired) electrons. The molecule has 0 aromatic heterocycles. The van der Waals surface area contributed by atoms with Gasteiger partial charge in [-0.05, 0) is 68.3 Å². The van der Waals surface area contributed by atoms with Gasteiger partial charge in [0.05, 0.1) is 0 Å². The molecule has 0 N–H and O–H groups in total. The fourth-order valence-electron chi connectivity index (χ4n) is 2.54. The van der Waals surface area contributed by atoms with Gasteiger partial charge in [0.15, 0.2) is 0 Å². The molecule has 3 heteroatoms. The number of rotatable bonds is 13. The highest BCUT2D eigenvalue weighted by molar-refractivity contribution is 7.59. The molecule has 0 saturated heterocycles. The fraction of sp³-hybridized carbons (Fsp3) is 1.00. The summed E-state index contributed by atoms with van der Waals surface area (Å²) in [5.41, 5.74) is 0. The topological polar surface area (TPSA) is 0 Å². The average Bonchev–Trinajstić information content (AvgIpc) is 2.46. The maximum absolute atomic E-state index is 2.43. The first-order valence-corrected chi connectivity index (χ1v) is 14.1. The van der Waals surface area contributed by atoms with Crippen molar-refractivity contribution in [2.24, 2.45) is 0 Å². The molecule has 0 spiro atoms. The molecule has 116 valence electrons. The van der Waals surface area contributed by atoms with E-state index in [1.165, 1.54) is 43.7 Å². The first-order valence-electron chi connectivity index (χ1n) is 8.38. The van der Waals surface area contributed by atoms with Gasteiger partial charge in [0, 0.05) is 0 Å². The number of hydrogen-bond acceptors (Lipinski definition) is 0. The molecule has 0 aliphatic carbocycles. The molecule has 0 heterocycles. The van der Waals surface area contributed by atoms with Crippen LogP contribution in [0.3, 0.4) is 0 Å². The zero-order valence-corrected chi connectivity index (χ0v) is 16.8. The zero-order valence-electron chi connectivity index (χ0n) is 14.1. The molecule has 0 bridgehead atoms. The lowest BCUT2D eigenvalue weighted by molar-refractivity contribution is 1.05. The molecule has 0 unspecified atom stereocenters. The van der Waals surface area contributed by atoms with Gasteiger partial charge in [0.25, 0.3) is 0 Å². The summed E-state index contributed by atoms with van der Waals surface area (Å²) in [5, 5.41) is 0. The molecule has 0 nitrogen and oxygen atoms in total. The standard InChI is InChI=1S/C16H37P3/c1-6-17(7-2)13-11-15-19(10-5)16-12-14-18(8-3)9-4/h6-16H2,1-5H3. The van der Waals surface area contributed by atoms with Gasteiger partial charge in [0.2, 0.25) is 0 Å². The highest BCUT2D eigenvalue weighted by Crippen LogP contribution is 2.42. The van der Waals surface area contributed by atoms with Gasteiger partial charge in [-0.1, -0.05) is 34.6 Å². The maximum Gasteiger partial charge on any atom is -0.0323 e. The lowest BCUT2D eigenvalue weighted by Crippen LogP contribution is -1.99. The van der Waals surface area contributed by atoms with E-state index in [0.717, 1.165) is 0 Å². The molecule has 0 amide bonds. The summed E-state index contributed by atoms with van der Waals surface area (Å²) in [5.74, 6) is 0. The van der Waals surface area contributed by atoms with Crippen molar-refractivity contribution in [3.05, 3.63) is 0 Å². The van der Waals surface area contributed by atoms with Crippen LogP contribution in [0.1, 0.15) is 47.5 Å². The molecule has 0 rings (SSSR count). The first kappa shape index (κ1) is 20.3. The van der Waals surface area contributed by atoms with Crippen molar-refractivity contribution < 1.29 is 0 Å². The van der Waals surface area contributed by atoms with Crippen LogP contribution in [0, 0.1) is 0 Å². The molecular weight excluding hydrogens is 285 g/mol. The van der Waals surface area contributed by atoms with E-state index in [4.69, 9.17) is 0 Å². The minimum atomic E-state index is 0.381. The Morgan fingerprint density at radius 3 is 0.947 bits per heavy atom. The summed E-state index contributed by atoms with van der Waals surface area (Å²) >= 11 is 0. The quantitative estimate of drug-likeness (QED) is 0.348. The molecule has 0 atom stereocenters. The van der Waals surface area contributed by atoms with Crippen LogP contribution < -0.4 is 0 Å². The smallest absolute Gasteiger partial charge is 0.0323 e. The van der Waals surface area contributed by atoms with Crippen molar-refractivity contribution in [1.29, 1.82) is 0 Å². The Hall–Kier alpha value is 1.29. The van der Waals surface area contributed by atoms with E-state index in [2.05, 4.69) is 34.6 Å². The normalized spacial score (nSPS) is 12.0. The predicted molar refractivity (Wildman–Crippen MR) is 102 cm³/mol. The first-order chi connectivity index (χ1) is 9.21. The van der Waals surface area contributed by atoms with E-state index in [0.29, 0.717) is 23.8 Å². The number of hydrogen-bond donors (Lipinski definition) is 0. The maximum atomic E-state index is 2.43. The second-order valence-electron chi connectivity index (χ2n) is 5.20. The van der Waals surface area contributed by atoms with Crippen molar-refractivity contribution in [2.75, 3.05) is 55.5 Å². The average molecular weight is 322 g/mol. The minimum absolute atomic E-state index is 0.381. The minimum Gasteiger partial charge on any atom is -0.107 e. The van der Waals surface area contributed by atoms with Gasteiger partial charge in [-0.25, -0.2) is 0 Å². The second kappa shape index (κ2) is 14.2. The van der Waals surface area contributed by atoms with E-state index in [-0.39, 0.29) is 0 Å². The lowest BCUT2D eigenvalue weighted by atomic mass is 10.6. The zero-order chi connectivity index (χ0) is 14.5. The van der Waals surface area contributed by atoms with Gasteiger partial charge < -0.3 is 0 Å². The van der Waals surface area contributed by atoms with Crippen molar-refractivity contribution in [2.45, 2.75) is 47.5 Å². The summed E-state index contributed by atoms with van der Waals surface area (Å²) in [6, 6.07) is 0. The van der Waals surface area contributed by atoms with Gasteiger partial charge in [-0.15, -0.1) is 23.8 Å². The van der Waals surface area contributed by atoms with Crippen LogP contribution in [0.2, 0.25) is 0 Å². The van der Waals surface area contributed by atoms with Crippen LogP contribution in [0.5, 0.6) is 0 Å². The van der Waals surface area contributed by atoms with Crippen LogP contribution in [0.15, 0.2) is 0 Å². The second-order valence-corrected chi connectivity index (χ2v) is 14.2. The van der Waals surface area contributed by atoms with Crippen molar-refractivity contribution in [3.8, 4) is 0 Å². The molecule has 0 saturated carbocycles. The summed E-state index contributed by atoms with van der Waals surface area (Å²) in [6.45, 7) is 12.0. The van der Waals surface area contributed by atoms with Gasteiger partial charge in [-0.2, -0.15) is 0 Å². The Kier molecular flexibility index (Phi) is 15.2. The summed E-state index contributed by atoms with van der Waals surface area (Å²) in [4.78, 5) is 0. The van der Waals surface area contributed by atoms with Crippen LogP contribution in [-0.4, -0.2) is 55.5 Å². The third-order valence-corrected chi connectivity index (χ3v) is 12.4. The highest BCUT2D eigenvalue weighted by Gasteiger charge is 2.09. The van der Waals surface area contributed by atoms with E-state index < -0.39 is 0 Å². The lowest BCUT2D eigenvalue weighted by Gasteiger charge is -2.19. The Morgan fingerprint density at radius 2 is 0.684 bits per heavy atom. The molecule has 0 aromatic carbocycles. The predicted octanol–water partition coefficient (Wildman–Crippen LogP) is 6.31. The molecule has 0 aliphatic rings. The van der Waals surface area contributed by atoms with E-state index >= 15 is 0 Å². The summed E-state index contributed by atoms with van der Waals surface area (Å²) < 4.78 is 0. The SMILES string of the molecule is CCP(CC)CCCP(CC)CCCP(CC)CC. The molecular formula is C16H37P3. The van der Waals surface area contributed by atoms with Gasteiger partial charge >= 0.3 is 0 Å². The molecule has 0 aliphatic heterocycles.